The van der Waals surface area contributed by atoms with Crippen LogP contribution in [0.3, 0.4) is 0 Å². The van der Waals surface area contributed by atoms with Gasteiger partial charge in [-0.2, -0.15) is 0 Å². The highest BCUT2D eigenvalue weighted by molar-refractivity contribution is 7.89. The van der Waals surface area contributed by atoms with Crippen molar-refractivity contribution in [2.24, 2.45) is 0 Å². The van der Waals surface area contributed by atoms with E-state index >= 15 is 0 Å². The molecule has 0 aromatic heterocycles. The number of sulfonamides is 1. The summed E-state index contributed by atoms with van der Waals surface area (Å²) in [5.74, 6) is -0.820. The largest absolute Gasteiger partial charge is 0.347 e. The third-order valence-electron chi connectivity index (χ3n) is 3.78. The minimum Gasteiger partial charge on any atom is -0.347 e. The van der Waals surface area contributed by atoms with Crippen molar-refractivity contribution in [1.82, 2.24) is 9.62 Å². The number of nitrogens with zero attached hydrogens (tertiary/aromatic N) is 1. The van der Waals surface area contributed by atoms with Crippen LogP contribution >= 0.6 is 0 Å². The third kappa shape index (κ3) is 5.17. The van der Waals surface area contributed by atoms with Gasteiger partial charge < -0.3 is 10.6 Å². The normalized spacial score (nSPS) is 11.9. The number of para-hydroxylation sites is 1. The lowest BCUT2D eigenvalue weighted by molar-refractivity contribution is 0.0920. The zero-order chi connectivity index (χ0) is 21.1. The second kappa shape index (κ2) is 8.12. The van der Waals surface area contributed by atoms with Gasteiger partial charge in [0.05, 0.1) is 16.1 Å². The SMILES string of the molecule is CN(C)S(=O)(=O)c1cccc(C(=O)Nc2ccccc2C(=O)NC(C)(C)C)c1. The standard InChI is InChI=1S/C20H25N3O4S/c1-20(2,3)22-19(25)16-11-6-7-12-17(16)21-18(24)14-9-8-10-15(13-14)28(26,27)23(4)5/h6-13H,1-5H3,(H,21,24)(H,22,25). The Hall–Kier alpha value is -2.71. The number of carbonyl (C=O) groups excluding carboxylic acids is 2. The van der Waals surface area contributed by atoms with Crippen molar-refractivity contribution >= 4 is 27.5 Å². The summed E-state index contributed by atoms with van der Waals surface area (Å²) in [5.41, 5.74) is 0.412. The van der Waals surface area contributed by atoms with Crippen LogP contribution in [-0.4, -0.2) is 44.2 Å². The Labute approximate surface area is 165 Å². The number of hydrogen-bond donors (Lipinski definition) is 2. The number of benzene rings is 2. The van der Waals surface area contributed by atoms with Gasteiger partial charge in [0.15, 0.2) is 0 Å². The van der Waals surface area contributed by atoms with Crippen LogP contribution in [0.25, 0.3) is 0 Å². The molecule has 0 radical (unpaired) electrons. The van der Waals surface area contributed by atoms with Crippen molar-refractivity contribution in [2.45, 2.75) is 31.2 Å². The van der Waals surface area contributed by atoms with Crippen LogP contribution in [0.15, 0.2) is 53.4 Å². The van der Waals surface area contributed by atoms with Gasteiger partial charge in [-0.15, -0.1) is 0 Å². The zero-order valence-corrected chi connectivity index (χ0v) is 17.4. The Kier molecular flexibility index (Phi) is 6.26. The fraction of sp³-hybridized carbons (Fsp3) is 0.300. The number of carbonyl (C=O) groups is 2. The summed E-state index contributed by atoms with van der Waals surface area (Å²) in [7, 11) is -0.813. The second-order valence-corrected chi connectivity index (χ2v) is 9.67. The topological polar surface area (TPSA) is 95.6 Å². The minimum absolute atomic E-state index is 0.0175. The van der Waals surface area contributed by atoms with Crippen LogP contribution in [0.4, 0.5) is 5.69 Å². The maximum atomic E-state index is 12.7. The van der Waals surface area contributed by atoms with Gasteiger partial charge >= 0.3 is 0 Å². The predicted octanol–water partition coefficient (Wildman–Crippen LogP) is 2.72. The highest BCUT2D eigenvalue weighted by Gasteiger charge is 2.21. The van der Waals surface area contributed by atoms with E-state index in [4.69, 9.17) is 0 Å². The molecule has 0 spiro atoms. The lowest BCUT2D eigenvalue weighted by Gasteiger charge is -2.21. The van der Waals surface area contributed by atoms with E-state index in [1.165, 1.54) is 38.4 Å². The summed E-state index contributed by atoms with van der Waals surface area (Å²) < 4.78 is 25.6. The van der Waals surface area contributed by atoms with Crippen LogP contribution in [-0.2, 0) is 10.0 Å². The molecule has 0 saturated carbocycles. The number of hydrogen-bond acceptors (Lipinski definition) is 4. The number of anilines is 1. The molecule has 0 saturated heterocycles. The van der Waals surface area contributed by atoms with Gasteiger partial charge in [0.25, 0.3) is 11.8 Å². The van der Waals surface area contributed by atoms with Gasteiger partial charge in [0.1, 0.15) is 0 Å². The van der Waals surface area contributed by atoms with Gasteiger partial charge in [0.2, 0.25) is 10.0 Å². The van der Waals surface area contributed by atoms with Crippen LogP contribution in [0, 0.1) is 0 Å². The summed E-state index contributed by atoms with van der Waals surface area (Å²) in [4.78, 5) is 25.2. The van der Waals surface area contributed by atoms with Crippen molar-refractivity contribution in [3.8, 4) is 0 Å². The first kappa shape index (κ1) is 21.6. The van der Waals surface area contributed by atoms with Crippen molar-refractivity contribution in [3.05, 3.63) is 59.7 Å². The van der Waals surface area contributed by atoms with E-state index in [0.29, 0.717) is 11.3 Å². The fourth-order valence-electron chi connectivity index (χ4n) is 2.40. The molecule has 0 aliphatic rings. The van der Waals surface area contributed by atoms with E-state index in [0.717, 1.165) is 4.31 Å². The monoisotopic (exact) mass is 403 g/mol. The maximum Gasteiger partial charge on any atom is 0.255 e. The molecule has 0 unspecified atom stereocenters. The zero-order valence-electron chi connectivity index (χ0n) is 16.6. The maximum absolute atomic E-state index is 12.7. The second-order valence-electron chi connectivity index (χ2n) is 7.52. The Balaban J connectivity index is 2.31. The molecule has 2 N–H and O–H groups in total. The molecule has 28 heavy (non-hydrogen) atoms. The highest BCUT2D eigenvalue weighted by atomic mass is 32.2. The fourth-order valence-corrected chi connectivity index (χ4v) is 3.35. The summed E-state index contributed by atoms with van der Waals surface area (Å²) in [5, 5.41) is 5.55. The summed E-state index contributed by atoms with van der Waals surface area (Å²) in [6.07, 6.45) is 0. The lowest BCUT2D eigenvalue weighted by atomic mass is 10.1. The van der Waals surface area contributed by atoms with Crippen molar-refractivity contribution in [2.75, 3.05) is 19.4 Å². The van der Waals surface area contributed by atoms with Crippen molar-refractivity contribution < 1.29 is 18.0 Å². The third-order valence-corrected chi connectivity index (χ3v) is 5.59. The van der Waals surface area contributed by atoms with E-state index in [1.807, 2.05) is 20.8 Å². The molecule has 0 aliphatic carbocycles. The molecule has 2 aromatic carbocycles. The van der Waals surface area contributed by atoms with E-state index in [2.05, 4.69) is 10.6 Å². The first-order valence-electron chi connectivity index (χ1n) is 8.67. The quantitative estimate of drug-likeness (QED) is 0.802. The number of rotatable bonds is 5. The molecule has 0 heterocycles. The molecule has 0 bridgehead atoms. The lowest BCUT2D eigenvalue weighted by Crippen LogP contribution is -2.40. The molecule has 0 fully saturated rings. The molecule has 0 aliphatic heterocycles. The number of nitrogens with one attached hydrogen (secondary N) is 2. The first-order valence-corrected chi connectivity index (χ1v) is 10.1. The van der Waals surface area contributed by atoms with Gasteiger partial charge in [-0.3, -0.25) is 9.59 Å². The van der Waals surface area contributed by atoms with E-state index in [1.54, 1.807) is 24.3 Å². The Morgan fingerprint density at radius 1 is 0.929 bits per heavy atom. The molecule has 0 atom stereocenters. The minimum atomic E-state index is -3.66. The molecule has 8 heteroatoms. The van der Waals surface area contributed by atoms with Gasteiger partial charge in [-0.25, -0.2) is 12.7 Å². The Morgan fingerprint density at radius 2 is 1.57 bits per heavy atom. The molecule has 2 rings (SSSR count). The Morgan fingerprint density at radius 3 is 2.18 bits per heavy atom. The molecule has 2 amide bonds. The van der Waals surface area contributed by atoms with Crippen LogP contribution in [0.5, 0.6) is 0 Å². The van der Waals surface area contributed by atoms with Crippen LogP contribution in [0.2, 0.25) is 0 Å². The van der Waals surface area contributed by atoms with Crippen molar-refractivity contribution in [3.63, 3.8) is 0 Å². The van der Waals surface area contributed by atoms with E-state index < -0.39 is 21.5 Å². The predicted molar refractivity (Wildman–Crippen MR) is 109 cm³/mol. The average molecular weight is 404 g/mol. The van der Waals surface area contributed by atoms with Gasteiger partial charge in [-0.05, 0) is 51.1 Å². The average Bonchev–Trinajstić information content (AvgIpc) is 2.60. The number of amides is 2. The van der Waals surface area contributed by atoms with Gasteiger partial charge in [0, 0.05) is 25.2 Å². The van der Waals surface area contributed by atoms with Crippen molar-refractivity contribution in [1.29, 1.82) is 0 Å². The summed E-state index contributed by atoms with van der Waals surface area (Å²) >= 11 is 0. The Bertz CT molecular complexity index is 993. The smallest absolute Gasteiger partial charge is 0.255 e. The van der Waals surface area contributed by atoms with E-state index in [-0.39, 0.29) is 16.4 Å². The van der Waals surface area contributed by atoms with Crippen LogP contribution < -0.4 is 10.6 Å². The van der Waals surface area contributed by atoms with Crippen LogP contribution in [0.1, 0.15) is 41.5 Å². The van der Waals surface area contributed by atoms with E-state index in [9.17, 15) is 18.0 Å². The molecule has 7 nitrogen and oxygen atoms in total. The summed E-state index contributed by atoms with van der Waals surface area (Å²) in [6.45, 7) is 5.59. The summed E-state index contributed by atoms with van der Waals surface area (Å²) in [6, 6.07) is 12.4. The molecule has 150 valence electrons. The highest BCUT2D eigenvalue weighted by Crippen LogP contribution is 2.19. The first-order chi connectivity index (χ1) is 12.9. The molecular weight excluding hydrogens is 378 g/mol. The molecule has 2 aromatic rings. The molecular formula is C20H25N3O4S. The van der Waals surface area contributed by atoms with Gasteiger partial charge in [-0.1, -0.05) is 18.2 Å².